The van der Waals surface area contributed by atoms with Gasteiger partial charge in [0.05, 0.1) is 29.7 Å². The standard InChI is InChI=1S/C22H19F2N3O4/c23-22(24)31-18-8-7-16(12-19(18)30-20-6-3-11-29-20)27(17-5-2-10-26-14-17)21(28)15-4-1-9-25-13-15/h1-2,4-5,7-10,12-14,20,22H,3,6,11H2. The molecule has 1 amide bonds. The smallest absolute Gasteiger partial charge is 0.387 e. The maximum atomic E-state index is 13.3. The van der Waals surface area contributed by atoms with Crippen LogP contribution in [0.25, 0.3) is 0 Å². The van der Waals surface area contributed by atoms with Gasteiger partial charge in [0.25, 0.3) is 5.91 Å². The minimum Gasteiger partial charge on any atom is -0.461 e. The Bertz CT molecular complexity index is 1020. The normalized spacial score (nSPS) is 15.6. The number of carbonyl (C=O) groups is 1. The van der Waals surface area contributed by atoms with Gasteiger partial charge in [-0.15, -0.1) is 0 Å². The van der Waals surface area contributed by atoms with E-state index in [1.54, 1.807) is 36.7 Å². The molecule has 1 aromatic carbocycles. The van der Waals surface area contributed by atoms with Crippen molar-refractivity contribution in [2.24, 2.45) is 0 Å². The lowest BCUT2D eigenvalue weighted by atomic mass is 10.2. The van der Waals surface area contributed by atoms with Crippen molar-refractivity contribution in [1.82, 2.24) is 9.97 Å². The van der Waals surface area contributed by atoms with E-state index >= 15 is 0 Å². The highest BCUT2D eigenvalue weighted by Gasteiger charge is 2.25. The number of anilines is 2. The molecule has 2 aromatic heterocycles. The third kappa shape index (κ3) is 4.95. The van der Waals surface area contributed by atoms with Crippen LogP contribution in [0.3, 0.4) is 0 Å². The number of hydrogen-bond acceptors (Lipinski definition) is 6. The first kappa shape index (κ1) is 20.7. The average molecular weight is 427 g/mol. The first-order chi connectivity index (χ1) is 15.1. The largest absolute Gasteiger partial charge is 0.461 e. The van der Waals surface area contributed by atoms with Crippen LogP contribution in [0, 0.1) is 0 Å². The monoisotopic (exact) mass is 427 g/mol. The molecule has 1 atom stereocenters. The van der Waals surface area contributed by atoms with Gasteiger partial charge in [-0.3, -0.25) is 19.7 Å². The van der Waals surface area contributed by atoms with Crippen molar-refractivity contribution in [2.45, 2.75) is 25.7 Å². The van der Waals surface area contributed by atoms with Gasteiger partial charge in [0, 0.05) is 31.1 Å². The number of nitrogens with zero attached hydrogens (tertiary/aromatic N) is 3. The van der Waals surface area contributed by atoms with Crippen LogP contribution < -0.4 is 14.4 Å². The van der Waals surface area contributed by atoms with Crippen LogP contribution >= 0.6 is 0 Å². The predicted molar refractivity (Wildman–Crippen MR) is 108 cm³/mol. The molecule has 1 saturated heterocycles. The molecule has 0 radical (unpaired) electrons. The van der Waals surface area contributed by atoms with E-state index in [0.717, 1.165) is 6.42 Å². The summed E-state index contributed by atoms with van der Waals surface area (Å²) >= 11 is 0. The molecule has 7 nitrogen and oxygen atoms in total. The average Bonchev–Trinajstić information content (AvgIpc) is 3.30. The lowest BCUT2D eigenvalue weighted by Crippen LogP contribution is -2.26. The predicted octanol–water partition coefficient (Wildman–Crippen LogP) is 4.57. The molecule has 160 valence electrons. The van der Waals surface area contributed by atoms with Crippen LogP contribution in [-0.4, -0.2) is 35.4 Å². The van der Waals surface area contributed by atoms with Crippen LogP contribution in [-0.2, 0) is 4.74 Å². The Hall–Kier alpha value is -3.59. The maximum absolute atomic E-state index is 13.3. The summed E-state index contributed by atoms with van der Waals surface area (Å²) in [4.78, 5) is 22.8. The fourth-order valence-electron chi connectivity index (χ4n) is 3.19. The van der Waals surface area contributed by atoms with Crippen molar-refractivity contribution >= 4 is 17.3 Å². The number of hydrogen-bond donors (Lipinski definition) is 0. The Balaban J connectivity index is 1.75. The van der Waals surface area contributed by atoms with Gasteiger partial charge in [0.2, 0.25) is 0 Å². The Morgan fingerprint density at radius 3 is 2.52 bits per heavy atom. The summed E-state index contributed by atoms with van der Waals surface area (Å²) in [6.07, 6.45) is 6.98. The van der Waals surface area contributed by atoms with E-state index in [-0.39, 0.29) is 17.4 Å². The summed E-state index contributed by atoms with van der Waals surface area (Å²) < 4.78 is 41.6. The minimum absolute atomic E-state index is 0.0533. The number of pyridine rings is 2. The first-order valence-corrected chi connectivity index (χ1v) is 9.63. The van der Waals surface area contributed by atoms with E-state index in [1.165, 1.54) is 35.5 Å². The van der Waals surface area contributed by atoms with Gasteiger partial charge in [-0.25, -0.2) is 0 Å². The number of alkyl halides is 2. The van der Waals surface area contributed by atoms with E-state index in [2.05, 4.69) is 14.7 Å². The lowest BCUT2D eigenvalue weighted by molar-refractivity contribution is -0.0632. The molecule has 1 aliphatic heterocycles. The molecule has 0 N–H and O–H groups in total. The second kappa shape index (κ2) is 9.48. The van der Waals surface area contributed by atoms with Crippen molar-refractivity contribution in [2.75, 3.05) is 11.5 Å². The highest BCUT2D eigenvalue weighted by molar-refractivity contribution is 6.10. The summed E-state index contributed by atoms with van der Waals surface area (Å²) in [5.74, 6) is -0.460. The second-order valence-electron chi connectivity index (χ2n) is 6.66. The Morgan fingerprint density at radius 2 is 1.87 bits per heavy atom. The Morgan fingerprint density at radius 1 is 1.06 bits per heavy atom. The van der Waals surface area contributed by atoms with Gasteiger partial charge in [-0.1, -0.05) is 0 Å². The zero-order valence-electron chi connectivity index (χ0n) is 16.4. The highest BCUT2D eigenvalue weighted by Crippen LogP contribution is 2.37. The zero-order chi connectivity index (χ0) is 21.6. The zero-order valence-corrected chi connectivity index (χ0v) is 16.4. The van der Waals surface area contributed by atoms with Gasteiger partial charge >= 0.3 is 6.61 Å². The third-order valence-electron chi connectivity index (χ3n) is 4.56. The molecule has 4 rings (SSSR count). The Labute approximate surface area is 177 Å². The molecular formula is C22H19F2N3O4. The van der Waals surface area contributed by atoms with Crippen LogP contribution in [0.5, 0.6) is 11.5 Å². The molecule has 3 aromatic rings. The number of rotatable bonds is 7. The van der Waals surface area contributed by atoms with Crippen LogP contribution in [0.4, 0.5) is 20.2 Å². The van der Waals surface area contributed by atoms with Crippen molar-refractivity contribution in [3.05, 3.63) is 72.8 Å². The van der Waals surface area contributed by atoms with Gasteiger partial charge < -0.3 is 14.2 Å². The van der Waals surface area contributed by atoms with E-state index in [4.69, 9.17) is 9.47 Å². The molecule has 1 aliphatic rings. The molecule has 31 heavy (non-hydrogen) atoms. The van der Waals surface area contributed by atoms with Crippen LogP contribution in [0.15, 0.2) is 67.3 Å². The second-order valence-corrected chi connectivity index (χ2v) is 6.66. The number of aromatic nitrogens is 2. The fourth-order valence-corrected chi connectivity index (χ4v) is 3.19. The summed E-state index contributed by atoms with van der Waals surface area (Å²) in [5, 5.41) is 0. The highest BCUT2D eigenvalue weighted by atomic mass is 19.3. The van der Waals surface area contributed by atoms with Crippen molar-refractivity contribution in [3.63, 3.8) is 0 Å². The van der Waals surface area contributed by atoms with E-state index < -0.39 is 12.9 Å². The quantitative estimate of drug-likeness (QED) is 0.550. The molecule has 1 fully saturated rings. The van der Waals surface area contributed by atoms with E-state index in [1.807, 2.05) is 0 Å². The maximum Gasteiger partial charge on any atom is 0.387 e. The minimum atomic E-state index is -3.02. The van der Waals surface area contributed by atoms with E-state index in [9.17, 15) is 13.6 Å². The molecule has 0 aliphatic carbocycles. The van der Waals surface area contributed by atoms with Gasteiger partial charge in [-0.05, 0) is 42.8 Å². The SMILES string of the molecule is O=C(c1cccnc1)N(c1cccnc1)c1ccc(OC(F)F)c(OC2CCCO2)c1. The molecule has 1 unspecified atom stereocenters. The number of halogens is 2. The van der Waals surface area contributed by atoms with Crippen molar-refractivity contribution < 1.29 is 27.8 Å². The van der Waals surface area contributed by atoms with Gasteiger partial charge in [0.15, 0.2) is 17.8 Å². The summed E-state index contributed by atoms with van der Waals surface area (Å²) in [7, 11) is 0. The Kier molecular flexibility index (Phi) is 6.32. The molecular weight excluding hydrogens is 408 g/mol. The third-order valence-corrected chi connectivity index (χ3v) is 4.56. The fraction of sp³-hybridized carbons (Fsp3) is 0.227. The topological polar surface area (TPSA) is 73.8 Å². The molecule has 9 heteroatoms. The summed E-state index contributed by atoms with van der Waals surface area (Å²) in [6.45, 7) is -2.50. The molecule has 0 bridgehead atoms. The first-order valence-electron chi connectivity index (χ1n) is 9.63. The van der Waals surface area contributed by atoms with Crippen molar-refractivity contribution in [3.8, 4) is 11.5 Å². The van der Waals surface area contributed by atoms with E-state index in [0.29, 0.717) is 30.0 Å². The molecule has 0 spiro atoms. The summed E-state index contributed by atoms with van der Waals surface area (Å²) in [5.41, 5.74) is 1.22. The number of amides is 1. The van der Waals surface area contributed by atoms with Crippen LogP contribution in [0.2, 0.25) is 0 Å². The van der Waals surface area contributed by atoms with Crippen molar-refractivity contribution in [1.29, 1.82) is 0 Å². The van der Waals surface area contributed by atoms with Gasteiger partial charge in [-0.2, -0.15) is 8.78 Å². The van der Waals surface area contributed by atoms with Crippen LogP contribution in [0.1, 0.15) is 23.2 Å². The summed E-state index contributed by atoms with van der Waals surface area (Å²) in [6, 6.07) is 11.0. The molecule has 3 heterocycles. The number of benzene rings is 1. The van der Waals surface area contributed by atoms with Gasteiger partial charge in [0.1, 0.15) is 0 Å². The molecule has 0 saturated carbocycles. The number of ether oxygens (including phenoxy) is 3. The lowest BCUT2D eigenvalue weighted by Gasteiger charge is -2.24. The number of carbonyl (C=O) groups excluding carboxylic acids is 1.